The SMILES string of the molecule is CC(C)(C)c1ccc(C(=O)NCC2(CBr)CCCC2)cc1. The maximum absolute atomic E-state index is 12.3. The van der Waals surface area contributed by atoms with Gasteiger partial charge in [0.2, 0.25) is 0 Å². The van der Waals surface area contributed by atoms with Gasteiger partial charge in [-0.05, 0) is 41.4 Å². The summed E-state index contributed by atoms with van der Waals surface area (Å²) in [6.07, 6.45) is 4.98. The van der Waals surface area contributed by atoms with Crippen LogP contribution in [-0.4, -0.2) is 17.8 Å². The van der Waals surface area contributed by atoms with Crippen LogP contribution in [0.3, 0.4) is 0 Å². The highest BCUT2D eigenvalue weighted by molar-refractivity contribution is 9.09. The second-order valence-electron chi connectivity index (χ2n) is 7.35. The zero-order chi connectivity index (χ0) is 15.5. The Bertz CT molecular complexity index is 481. The second kappa shape index (κ2) is 6.51. The average molecular weight is 352 g/mol. The third-order valence-corrected chi connectivity index (χ3v) is 5.77. The summed E-state index contributed by atoms with van der Waals surface area (Å²) >= 11 is 3.62. The molecular formula is C18H26BrNO. The van der Waals surface area contributed by atoms with Gasteiger partial charge in [0.15, 0.2) is 0 Å². The van der Waals surface area contributed by atoms with Gasteiger partial charge in [-0.1, -0.05) is 61.7 Å². The number of rotatable bonds is 4. The van der Waals surface area contributed by atoms with Crippen LogP contribution < -0.4 is 5.32 Å². The molecule has 1 saturated carbocycles. The predicted molar refractivity (Wildman–Crippen MR) is 92.2 cm³/mol. The van der Waals surface area contributed by atoms with Crippen molar-refractivity contribution < 1.29 is 4.79 Å². The lowest BCUT2D eigenvalue weighted by molar-refractivity contribution is 0.0935. The maximum Gasteiger partial charge on any atom is 0.251 e. The van der Waals surface area contributed by atoms with Crippen molar-refractivity contribution in [1.82, 2.24) is 5.32 Å². The molecule has 1 fully saturated rings. The summed E-state index contributed by atoms with van der Waals surface area (Å²) in [6, 6.07) is 7.99. The average Bonchev–Trinajstić information content (AvgIpc) is 2.93. The van der Waals surface area contributed by atoms with Crippen molar-refractivity contribution in [2.24, 2.45) is 5.41 Å². The van der Waals surface area contributed by atoms with E-state index >= 15 is 0 Å². The minimum Gasteiger partial charge on any atom is -0.351 e. The maximum atomic E-state index is 12.3. The number of hydrogen-bond acceptors (Lipinski definition) is 1. The van der Waals surface area contributed by atoms with Crippen LogP contribution in [-0.2, 0) is 5.41 Å². The van der Waals surface area contributed by atoms with Crippen molar-refractivity contribution >= 4 is 21.8 Å². The van der Waals surface area contributed by atoms with Gasteiger partial charge in [0.05, 0.1) is 0 Å². The first-order chi connectivity index (χ1) is 9.86. The van der Waals surface area contributed by atoms with Gasteiger partial charge in [-0.25, -0.2) is 0 Å². The van der Waals surface area contributed by atoms with Crippen LogP contribution in [0.4, 0.5) is 0 Å². The first-order valence-electron chi connectivity index (χ1n) is 7.81. The summed E-state index contributed by atoms with van der Waals surface area (Å²) in [5.41, 5.74) is 2.40. The minimum atomic E-state index is 0.0442. The molecular weight excluding hydrogens is 326 g/mol. The van der Waals surface area contributed by atoms with Crippen LogP contribution in [0.5, 0.6) is 0 Å². The first kappa shape index (κ1) is 16.5. The summed E-state index contributed by atoms with van der Waals surface area (Å²) in [5.74, 6) is 0.0442. The van der Waals surface area contributed by atoms with Gasteiger partial charge in [0.1, 0.15) is 0 Å². The predicted octanol–water partition coefficient (Wildman–Crippen LogP) is 4.67. The monoisotopic (exact) mass is 351 g/mol. The third-order valence-electron chi connectivity index (χ3n) is 4.58. The fraction of sp³-hybridized carbons (Fsp3) is 0.611. The highest BCUT2D eigenvalue weighted by Crippen LogP contribution is 2.39. The van der Waals surface area contributed by atoms with E-state index in [1.165, 1.54) is 31.2 Å². The highest BCUT2D eigenvalue weighted by Gasteiger charge is 2.33. The standard InChI is InChI=1S/C18H26BrNO/c1-17(2,3)15-8-6-14(7-9-15)16(21)20-13-18(12-19)10-4-5-11-18/h6-9H,4-5,10-13H2,1-3H3,(H,20,21). The first-order valence-corrected chi connectivity index (χ1v) is 8.93. The van der Waals surface area contributed by atoms with Crippen molar-refractivity contribution in [2.75, 3.05) is 11.9 Å². The van der Waals surface area contributed by atoms with Crippen LogP contribution in [0.15, 0.2) is 24.3 Å². The van der Waals surface area contributed by atoms with Crippen LogP contribution in [0, 0.1) is 5.41 Å². The van der Waals surface area contributed by atoms with Gasteiger partial charge in [-0.3, -0.25) is 4.79 Å². The van der Waals surface area contributed by atoms with Gasteiger partial charge < -0.3 is 5.32 Å². The molecule has 0 atom stereocenters. The number of benzene rings is 1. The molecule has 21 heavy (non-hydrogen) atoms. The number of hydrogen-bond donors (Lipinski definition) is 1. The highest BCUT2D eigenvalue weighted by atomic mass is 79.9. The Balaban J connectivity index is 1.97. The fourth-order valence-corrected chi connectivity index (χ4v) is 3.73. The Morgan fingerprint density at radius 3 is 2.24 bits per heavy atom. The molecule has 0 heterocycles. The van der Waals surface area contributed by atoms with Crippen molar-refractivity contribution in [2.45, 2.75) is 51.9 Å². The summed E-state index contributed by atoms with van der Waals surface area (Å²) in [4.78, 5) is 12.3. The van der Waals surface area contributed by atoms with E-state index in [-0.39, 0.29) is 16.7 Å². The Labute approximate surface area is 136 Å². The normalized spacial score (nSPS) is 17.7. The van der Waals surface area contributed by atoms with Crippen molar-refractivity contribution in [3.63, 3.8) is 0 Å². The molecule has 1 aromatic rings. The molecule has 1 aliphatic carbocycles. The zero-order valence-electron chi connectivity index (χ0n) is 13.3. The van der Waals surface area contributed by atoms with Crippen LogP contribution in [0.2, 0.25) is 0 Å². The van der Waals surface area contributed by atoms with Crippen LogP contribution in [0.25, 0.3) is 0 Å². The number of amides is 1. The number of carbonyl (C=O) groups is 1. The van der Waals surface area contributed by atoms with E-state index in [4.69, 9.17) is 0 Å². The largest absolute Gasteiger partial charge is 0.351 e. The lowest BCUT2D eigenvalue weighted by atomic mass is 9.86. The lowest BCUT2D eigenvalue weighted by Crippen LogP contribution is -2.37. The fourth-order valence-electron chi connectivity index (χ4n) is 2.97. The lowest BCUT2D eigenvalue weighted by Gasteiger charge is -2.26. The van der Waals surface area contributed by atoms with Crippen molar-refractivity contribution in [3.05, 3.63) is 35.4 Å². The molecule has 0 aliphatic heterocycles. The van der Waals surface area contributed by atoms with Gasteiger partial charge in [-0.15, -0.1) is 0 Å². The quantitative estimate of drug-likeness (QED) is 0.784. The van der Waals surface area contributed by atoms with E-state index in [0.717, 1.165) is 17.4 Å². The number of alkyl halides is 1. The molecule has 2 nitrogen and oxygen atoms in total. The van der Waals surface area contributed by atoms with Crippen molar-refractivity contribution in [3.8, 4) is 0 Å². The molecule has 1 N–H and O–H groups in total. The summed E-state index contributed by atoms with van der Waals surface area (Å²) in [6.45, 7) is 7.32. The molecule has 0 spiro atoms. The number of nitrogens with one attached hydrogen (secondary N) is 1. The summed E-state index contributed by atoms with van der Waals surface area (Å²) in [5, 5.41) is 4.10. The summed E-state index contributed by atoms with van der Waals surface area (Å²) in [7, 11) is 0. The molecule has 3 heteroatoms. The van der Waals surface area contributed by atoms with Crippen LogP contribution in [0.1, 0.15) is 62.4 Å². The smallest absolute Gasteiger partial charge is 0.251 e. The molecule has 0 saturated heterocycles. The van der Waals surface area contributed by atoms with E-state index < -0.39 is 0 Å². The zero-order valence-corrected chi connectivity index (χ0v) is 14.9. The van der Waals surface area contributed by atoms with Gasteiger partial charge in [0.25, 0.3) is 5.91 Å². The number of carbonyl (C=O) groups excluding carboxylic acids is 1. The Hall–Kier alpha value is -0.830. The van der Waals surface area contributed by atoms with E-state index in [1.807, 2.05) is 12.1 Å². The topological polar surface area (TPSA) is 29.1 Å². The Morgan fingerprint density at radius 2 is 1.76 bits per heavy atom. The Kier molecular flexibility index (Phi) is 5.13. The number of halogens is 1. The summed E-state index contributed by atoms with van der Waals surface area (Å²) < 4.78 is 0. The minimum absolute atomic E-state index is 0.0442. The molecule has 1 aliphatic rings. The second-order valence-corrected chi connectivity index (χ2v) is 7.91. The molecule has 116 valence electrons. The van der Waals surface area contributed by atoms with Gasteiger partial charge >= 0.3 is 0 Å². The molecule has 0 unspecified atom stereocenters. The molecule has 0 radical (unpaired) electrons. The van der Waals surface area contributed by atoms with Crippen molar-refractivity contribution in [1.29, 1.82) is 0 Å². The molecule has 2 rings (SSSR count). The van der Waals surface area contributed by atoms with E-state index in [9.17, 15) is 4.79 Å². The van der Waals surface area contributed by atoms with Crippen LogP contribution >= 0.6 is 15.9 Å². The molecule has 1 amide bonds. The van der Waals surface area contributed by atoms with E-state index in [2.05, 4.69) is 54.2 Å². The van der Waals surface area contributed by atoms with E-state index in [1.54, 1.807) is 0 Å². The molecule has 0 aromatic heterocycles. The molecule has 1 aromatic carbocycles. The van der Waals surface area contributed by atoms with E-state index in [0.29, 0.717) is 0 Å². The van der Waals surface area contributed by atoms with Gasteiger partial charge in [0, 0.05) is 17.4 Å². The Morgan fingerprint density at radius 1 is 1.19 bits per heavy atom. The van der Waals surface area contributed by atoms with Gasteiger partial charge in [-0.2, -0.15) is 0 Å². The molecule has 0 bridgehead atoms. The third kappa shape index (κ3) is 4.09.